The Morgan fingerprint density at radius 1 is 1.40 bits per heavy atom. The van der Waals surface area contributed by atoms with Crippen molar-refractivity contribution in [2.45, 2.75) is 31.2 Å². The molecule has 3 nitrogen and oxygen atoms in total. The number of alkyl halides is 2. The van der Waals surface area contributed by atoms with Gasteiger partial charge >= 0.3 is 0 Å². The molecule has 15 heavy (non-hydrogen) atoms. The van der Waals surface area contributed by atoms with E-state index in [9.17, 15) is 8.78 Å². The highest BCUT2D eigenvalue weighted by Gasteiger charge is 2.56. The van der Waals surface area contributed by atoms with Crippen LogP contribution in [0.2, 0.25) is 5.28 Å². The van der Waals surface area contributed by atoms with E-state index in [1.807, 2.05) is 0 Å². The van der Waals surface area contributed by atoms with Gasteiger partial charge in [0.05, 0.1) is 11.2 Å². The molecule has 2 N–H and O–H groups in total. The number of nitrogens with two attached hydrogens (primary N) is 1. The van der Waals surface area contributed by atoms with Crippen LogP contribution in [0.4, 0.5) is 8.78 Å². The molecule has 82 valence electrons. The largest absolute Gasteiger partial charge is 0.320 e. The Kier molecular flexibility index (Phi) is 2.20. The minimum Gasteiger partial charge on any atom is -0.320 e. The van der Waals surface area contributed by atoms with E-state index < -0.39 is 11.5 Å². The average Bonchev–Trinajstić information content (AvgIpc) is 1.98. The van der Waals surface area contributed by atoms with Gasteiger partial charge in [-0.3, -0.25) is 0 Å². The summed E-state index contributed by atoms with van der Waals surface area (Å²) in [5.74, 6) is -2.68. The summed E-state index contributed by atoms with van der Waals surface area (Å²) in [6.45, 7) is 1.72. The maximum Gasteiger partial charge on any atom is 0.252 e. The molecular weight excluding hydrogens is 224 g/mol. The monoisotopic (exact) mass is 233 g/mol. The molecular formula is C9H10ClF2N3. The molecule has 0 amide bonds. The van der Waals surface area contributed by atoms with Gasteiger partial charge in [-0.05, 0) is 24.6 Å². The quantitative estimate of drug-likeness (QED) is 0.755. The van der Waals surface area contributed by atoms with Gasteiger partial charge in [0.25, 0.3) is 5.92 Å². The maximum atomic E-state index is 12.8. The van der Waals surface area contributed by atoms with Crippen molar-refractivity contribution in [3.05, 3.63) is 22.7 Å². The molecule has 0 saturated heterocycles. The van der Waals surface area contributed by atoms with Crippen LogP contribution in [0, 0.1) is 6.92 Å². The predicted molar refractivity (Wildman–Crippen MR) is 51.8 cm³/mol. The number of rotatable bonds is 1. The lowest BCUT2D eigenvalue weighted by atomic mass is 9.72. The molecule has 1 aliphatic rings. The van der Waals surface area contributed by atoms with Crippen molar-refractivity contribution in [2.75, 3.05) is 0 Å². The SMILES string of the molecule is Cc1cc(C2(N)CC(F)(F)C2)nc(Cl)n1. The van der Waals surface area contributed by atoms with Crippen LogP contribution in [0.1, 0.15) is 24.2 Å². The Bertz CT molecular complexity index is 380. The molecule has 2 rings (SSSR count). The van der Waals surface area contributed by atoms with Crippen molar-refractivity contribution in [2.24, 2.45) is 5.73 Å². The fourth-order valence-electron chi connectivity index (χ4n) is 1.84. The molecule has 0 aromatic carbocycles. The molecule has 0 unspecified atom stereocenters. The lowest BCUT2D eigenvalue weighted by molar-refractivity contribution is -0.126. The lowest BCUT2D eigenvalue weighted by Gasteiger charge is -2.43. The van der Waals surface area contributed by atoms with Gasteiger partial charge in [-0.15, -0.1) is 0 Å². The topological polar surface area (TPSA) is 51.8 Å². The molecule has 1 aromatic heterocycles. The van der Waals surface area contributed by atoms with Gasteiger partial charge in [-0.25, -0.2) is 18.7 Å². The molecule has 0 spiro atoms. The molecule has 1 saturated carbocycles. The van der Waals surface area contributed by atoms with Gasteiger partial charge in [0.1, 0.15) is 0 Å². The van der Waals surface area contributed by atoms with Gasteiger partial charge in [-0.2, -0.15) is 0 Å². The van der Waals surface area contributed by atoms with Crippen molar-refractivity contribution in [1.82, 2.24) is 9.97 Å². The third kappa shape index (κ3) is 1.94. The number of halogens is 3. The molecule has 0 aliphatic heterocycles. The van der Waals surface area contributed by atoms with Crippen LogP contribution in [-0.2, 0) is 5.54 Å². The van der Waals surface area contributed by atoms with E-state index in [4.69, 9.17) is 17.3 Å². The van der Waals surface area contributed by atoms with Gasteiger partial charge in [0.15, 0.2) is 0 Å². The van der Waals surface area contributed by atoms with Crippen molar-refractivity contribution < 1.29 is 8.78 Å². The molecule has 0 bridgehead atoms. The summed E-state index contributed by atoms with van der Waals surface area (Å²) in [5, 5.41) is 0.0463. The van der Waals surface area contributed by atoms with Crippen LogP contribution >= 0.6 is 11.6 Å². The Morgan fingerprint density at radius 2 is 2.00 bits per heavy atom. The molecule has 0 atom stereocenters. The van der Waals surface area contributed by atoms with Crippen LogP contribution in [0.15, 0.2) is 6.07 Å². The zero-order valence-corrected chi connectivity index (χ0v) is 8.85. The molecule has 0 radical (unpaired) electrons. The Balaban J connectivity index is 2.31. The smallest absolute Gasteiger partial charge is 0.252 e. The fourth-order valence-corrected chi connectivity index (χ4v) is 2.06. The Hall–Kier alpha value is -0.810. The number of hydrogen-bond acceptors (Lipinski definition) is 3. The first-order valence-corrected chi connectivity index (χ1v) is 4.87. The van der Waals surface area contributed by atoms with E-state index in [1.165, 1.54) is 0 Å². The highest BCUT2D eigenvalue weighted by Crippen LogP contribution is 2.49. The maximum absolute atomic E-state index is 12.8. The van der Waals surface area contributed by atoms with E-state index >= 15 is 0 Å². The van der Waals surface area contributed by atoms with Crippen LogP contribution in [0.5, 0.6) is 0 Å². The van der Waals surface area contributed by atoms with Crippen LogP contribution in [-0.4, -0.2) is 15.9 Å². The van der Waals surface area contributed by atoms with E-state index in [2.05, 4.69) is 9.97 Å². The first-order chi connectivity index (χ1) is 6.81. The summed E-state index contributed by atoms with van der Waals surface area (Å²) < 4.78 is 25.5. The van der Waals surface area contributed by atoms with E-state index in [0.717, 1.165) is 0 Å². The average molecular weight is 234 g/mol. The summed E-state index contributed by atoms with van der Waals surface area (Å²) in [5.41, 5.74) is 5.78. The highest BCUT2D eigenvalue weighted by molar-refractivity contribution is 6.28. The van der Waals surface area contributed by atoms with Crippen molar-refractivity contribution >= 4 is 11.6 Å². The molecule has 6 heteroatoms. The third-order valence-electron chi connectivity index (χ3n) is 2.49. The van der Waals surface area contributed by atoms with Gasteiger partial charge < -0.3 is 5.73 Å². The fraction of sp³-hybridized carbons (Fsp3) is 0.556. The summed E-state index contributed by atoms with van der Waals surface area (Å²) in [4.78, 5) is 7.74. The number of aromatic nitrogens is 2. The van der Waals surface area contributed by atoms with E-state index in [1.54, 1.807) is 13.0 Å². The third-order valence-corrected chi connectivity index (χ3v) is 2.65. The Morgan fingerprint density at radius 3 is 2.47 bits per heavy atom. The van der Waals surface area contributed by atoms with Crippen LogP contribution in [0.3, 0.4) is 0 Å². The highest BCUT2D eigenvalue weighted by atomic mass is 35.5. The first-order valence-electron chi connectivity index (χ1n) is 4.49. The lowest BCUT2D eigenvalue weighted by Crippen LogP contribution is -2.56. The molecule has 1 aromatic rings. The second-order valence-corrected chi connectivity index (χ2v) is 4.37. The number of nitrogens with zero attached hydrogens (tertiary/aromatic N) is 2. The standard InChI is InChI=1S/C9H10ClF2N3/c1-5-2-6(15-7(10)14-5)8(13)3-9(11,12)4-8/h2H,3-4,13H2,1H3. The zero-order chi connectivity index (χ0) is 11.3. The minimum absolute atomic E-state index is 0.0463. The summed E-state index contributed by atoms with van der Waals surface area (Å²) in [6, 6.07) is 1.60. The normalized spacial score (nSPS) is 22.2. The summed E-state index contributed by atoms with van der Waals surface area (Å²) in [7, 11) is 0. The predicted octanol–water partition coefficient (Wildman–Crippen LogP) is 2.02. The second-order valence-electron chi connectivity index (χ2n) is 4.03. The van der Waals surface area contributed by atoms with Crippen LogP contribution < -0.4 is 5.73 Å². The van der Waals surface area contributed by atoms with Crippen molar-refractivity contribution in [3.8, 4) is 0 Å². The molecule has 1 heterocycles. The first kappa shape index (κ1) is 10.7. The molecule has 1 aliphatic carbocycles. The zero-order valence-electron chi connectivity index (χ0n) is 8.10. The van der Waals surface area contributed by atoms with Gasteiger partial charge in [0, 0.05) is 18.5 Å². The van der Waals surface area contributed by atoms with Gasteiger partial charge in [0.2, 0.25) is 5.28 Å². The van der Waals surface area contributed by atoms with Gasteiger partial charge in [-0.1, -0.05) is 0 Å². The van der Waals surface area contributed by atoms with Crippen molar-refractivity contribution in [1.29, 1.82) is 0 Å². The number of hydrogen-bond donors (Lipinski definition) is 1. The minimum atomic E-state index is -2.68. The van der Waals surface area contributed by atoms with Crippen molar-refractivity contribution in [3.63, 3.8) is 0 Å². The second kappa shape index (κ2) is 3.09. The van der Waals surface area contributed by atoms with E-state index in [-0.39, 0.29) is 18.1 Å². The number of aryl methyl sites for hydroxylation is 1. The van der Waals surface area contributed by atoms with Crippen LogP contribution in [0.25, 0.3) is 0 Å². The summed E-state index contributed by atoms with van der Waals surface area (Å²) in [6.07, 6.45) is -0.764. The Labute approximate surface area is 90.7 Å². The summed E-state index contributed by atoms with van der Waals surface area (Å²) >= 11 is 5.64. The van der Waals surface area contributed by atoms with E-state index in [0.29, 0.717) is 11.4 Å². The molecule has 1 fully saturated rings.